The van der Waals surface area contributed by atoms with Gasteiger partial charge in [-0.05, 0) is 43.5 Å². The minimum Gasteiger partial charge on any atom is -0.495 e. The van der Waals surface area contributed by atoms with E-state index >= 15 is 0 Å². The quantitative estimate of drug-likeness (QED) is 0.617. The number of pyridine rings is 1. The molecule has 1 saturated heterocycles. The molecule has 0 aliphatic carbocycles. The normalized spacial score (nSPS) is 15.0. The van der Waals surface area contributed by atoms with E-state index in [1.54, 1.807) is 24.3 Å². The molecule has 3 rings (SSSR count). The first kappa shape index (κ1) is 22.9. The van der Waals surface area contributed by atoms with Crippen LogP contribution in [0.5, 0.6) is 5.75 Å². The molecule has 7 nitrogen and oxygen atoms in total. The van der Waals surface area contributed by atoms with Crippen molar-refractivity contribution in [3.8, 4) is 5.75 Å². The first-order valence-corrected chi connectivity index (χ1v) is 12.3. The lowest BCUT2D eigenvalue weighted by atomic mass is 10.2. The number of rotatable bonds is 7. The Bertz CT molecular complexity index is 1010. The number of sulfonamides is 1. The Morgan fingerprint density at radius 1 is 1.27 bits per heavy atom. The number of carbonyl (C=O) groups is 1. The zero-order chi connectivity index (χ0) is 21.7. The highest BCUT2D eigenvalue weighted by molar-refractivity contribution is 7.99. The van der Waals surface area contributed by atoms with Crippen LogP contribution in [0.1, 0.15) is 24.8 Å². The summed E-state index contributed by atoms with van der Waals surface area (Å²) in [7, 11) is -2.00. The molecule has 0 spiro atoms. The van der Waals surface area contributed by atoms with Gasteiger partial charge in [0.15, 0.2) is 0 Å². The number of carbonyl (C=O) groups excluding carboxylic acids is 1. The van der Waals surface area contributed by atoms with Gasteiger partial charge in [-0.1, -0.05) is 29.8 Å². The van der Waals surface area contributed by atoms with Gasteiger partial charge in [0.25, 0.3) is 0 Å². The number of anilines is 1. The molecule has 2 aromatic rings. The molecule has 1 fully saturated rings. The molecule has 10 heteroatoms. The standard InChI is InChI=1S/C20H24ClN3O4S2/c1-14-10-17(18(28-2)11-16(14)21)23-19(25)13-29-20-7-6-15(12-22-20)30(26,27)24-8-4-3-5-9-24/h6-7,10-12H,3-5,8-9,13H2,1-2H3,(H,23,25). The van der Waals surface area contributed by atoms with Crippen molar-refractivity contribution in [3.63, 3.8) is 0 Å². The number of amides is 1. The molecule has 0 radical (unpaired) electrons. The molecule has 0 unspecified atom stereocenters. The van der Waals surface area contributed by atoms with E-state index in [4.69, 9.17) is 16.3 Å². The molecule has 2 heterocycles. The summed E-state index contributed by atoms with van der Waals surface area (Å²) in [6, 6.07) is 6.58. The molecule has 1 amide bonds. The van der Waals surface area contributed by atoms with Crippen molar-refractivity contribution in [2.75, 3.05) is 31.3 Å². The molecule has 1 aromatic heterocycles. The van der Waals surface area contributed by atoms with Gasteiger partial charge in [-0.3, -0.25) is 4.79 Å². The van der Waals surface area contributed by atoms with Crippen molar-refractivity contribution in [3.05, 3.63) is 41.0 Å². The monoisotopic (exact) mass is 469 g/mol. The van der Waals surface area contributed by atoms with E-state index in [2.05, 4.69) is 10.3 Å². The Morgan fingerprint density at radius 3 is 2.63 bits per heavy atom. The number of ether oxygens (including phenoxy) is 1. The Hall–Kier alpha value is -1.81. The average Bonchev–Trinajstić information content (AvgIpc) is 2.75. The molecule has 162 valence electrons. The summed E-state index contributed by atoms with van der Waals surface area (Å²) < 4.78 is 32.1. The summed E-state index contributed by atoms with van der Waals surface area (Å²) in [5.74, 6) is 0.372. The highest BCUT2D eigenvalue weighted by Gasteiger charge is 2.26. The van der Waals surface area contributed by atoms with Crippen LogP contribution in [0.2, 0.25) is 5.02 Å². The Balaban J connectivity index is 1.60. The average molecular weight is 470 g/mol. The topological polar surface area (TPSA) is 88.6 Å². The van der Waals surface area contributed by atoms with Gasteiger partial charge in [0.1, 0.15) is 10.6 Å². The highest BCUT2D eigenvalue weighted by atomic mass is 35.5. The second-order valence-corrected chi connectivity index (χ2v) is 10.3. The number of piperidine rings is 1. The van der Waals surface area contributed by atoms with E-state index in [1.807, 2.05) is 6.92 Å². The number of halogens is 1. The van der Waals surface area contributed by atoms with Gasteiger partial charge in [-0.25, -0.2) is 13.4 Å². The van der Waals surface area contributed by atoms with Crippen molar-refractivity contribution < 1.29 is 17.9 Å². The third-order valence-electron chi connectivity index (χ3n) is 4.77. The maximum atomic E-state index is 12.7. The van der Waals surface area contributed by atoms with E-state index in [9.17, 15) is 13.2 Å². The maximum Gasteiger partial charge on any atom is 0.244 e. The van der Waals surface area contributed by atoms with Crippen molar-refractivity contribution >= 4 is 45.0 Å². The SMILES string of the molecule is COc1cc(Cl)c(C)cc1NC(=O)CSc1ccc(S(=O)(=O)N2CCCCC2)cn1. The van der Waals surface area contributed by atoms with E-state index in [-0.39, 0.29) is 16.6 Å². The summed E-state index contributed by atoms with van der Waals surface area (Å²) in [5.41, 5.74) is 1.37. The number of hydrogen-bond donors (Lipinski definition) is 1. The zero-order valence-electron chi connectivity index (χ0n) is 16.9. The fraction of sp³-hybridized carbons (Fsp3) is 0.400. The summed E-state index contributed by atoms with van der Waals surface area (Å²) >= 11 is 7.31. The number of nitrogens with one attached hydrogen (secondary N) is 1. The fourth-order valence-electron chi connectivity index (χ4n) is 3.11. The van der Waals surface area contributed by atoms with Gasteiger partial charge >= 0.3 is 0 Å². The minimum atomic E-state index is -3.51. The van der Waals surface area contributed by atoms with Crippen LogP contribution in [-0.2, 0) is 14.8 Å². The minimum absolute atomic E-state index is 0.121. The van der Waals surface area contributed by atoms with E-state index < -0.39 is 10.0 Å². The molecular formula is C20H24ClN3O4S2. The second kappa shape index (κ2) is 10.00. The predicted octanol–water partition coefficient (Wildman–Crippen LogP) is 3.96. The molecule has 0 bridgehead atoms. The maximum absolute atomic E-state index is 12.7. The van der Waals surface area contributed by atoms with Crippen LogP contribution in [-0.4, -0.2) is 49.6 Å². The lowest BCUT2D eigenvalue weighted by molar-refractivity contribution is -0.113. The smallest absolute Gasteiger partial charge is 0.244 e. The molecule has 0 atom stereocenters. The summed E-state index contributed by atoms with van der Waals surface area (Å²) in [6.45, 7) is 2.94. The number of hydrogen-bond acceptors (Lipinski definition) is 6. The number of methoxy groups -OCH3 is 1. The van der Waals surface area contributed by atoms with Gasteiger partial charge in [-0.15, -0.1) is 0 Å². The van der Waals surface area contributed by atoms with E-state index in [0.717, 1.165) is 24.8 Å². The Labute approximate surface area is 186 Å². The fourth-order valence-corrected chi connectivity index (χ4v) is 5.37. The molecule has 30 heavy (non-hydrogen) atoms. The number of benzene rings is 1. The number of aryl methyl sites for hydroxylation is 1. The predicted molar refractivity (Wildman–Crippen MR) is 119 cm³/mol. The third kappa shape index (κ3) is 5.46. The number of thioether (sulfide) groups is 1. The van der Waals surface area contributed by atoms with Crippen LogP contribution >= 0.6 is 23.4 Å². The largest absolute Gasteiger partial charge is 0.495 e. The van der Waals surface area contributed by atoms with Crippen LogP contribution in [0.3, 0.4) is 0 Å². The van der Waals surface area contributed by atoms with Crippen LogP contribution in [0, 0.1) is 6.92 Å². The lowest BCUT2D eigenvalue weighted by Crippen LogP contribution is -2.35. The van der Waals surface area contributed by atoms with Crippen molar-refractivity contribution in [1.29, 1.82) is 0 Å². The van der Waals surface area contributed by atoms with Crippen molar-refractivity contribution in [2.45, 2.75) is 36.1 Å². The summed E-state index contributed by atoms with van der Waals surface area (Å²) in [6.07, 6.45) is 4.18. The first-order valence-electron chi connectivity index (χ1n) is 9.54. The molecule has 1 aliphatic rings. The van der Waals surface area contributed by atoms with Gasteiger partial charge in [-0.2, -0.15) is 4.31 Å². The van der Waals surface area contributed by atoms with E-state index in [1.165, 1.54) is 29.4 Å². The highest BCUT2D eigenvalue weighted by Crippen LogP contribution is 2.31. The van der Waals surface area contributed by atoms with Crippen LogP contribution < -0.4 is 10.1 Å². The second-order valence-electron chi connectivity index (χ2n) is 6.94. The van der Waals surface area contributed by atoms with Gasteiger partial charge in [0.2, 0.25) is 15.9 Å². The van der Waals surface area contributed by atoms with Crippen LogP contribution in [0.4, 0.5) is 5.69 Å². The Morgan fingerprint density at radius 2 is 2.00 bits per heavy atom. The first-order chi connectivity index (χ1) is 14.3. The van der Waals surface area contributed by atoms with Crippen LogP contribution in [0.15, 0.2) is 40.4 Å². The molecule has 1 aromatic carbocycles. The summed E-state index contributed by atoms with van der Waals surface area (Å²) in [4.78, 5) is 16.7. The number of nitrogens with zero attached hydrogens (tertiary/aromatic N) is 2. The van der Waals surface area contributed by atoms with Gasteiger partial charge in [0, 0.05) is 30.4 Å². The molecule has 1 aliphatic heterocycles. The molecular weight excluding hydrogens is 446 g/mol. The number of aromatic nitrogens is 1. The Kier molecular flexibility index (Phi) is 7.62. The third-order valence-corrected chi connectivity index (χ3v) is 8.00. The summed E-state index contributed by atoms with van der Waals surface area (Å²) in [5, 5.41) is 3.93. The van der Waals surface area contributed by atoms with Gasteiger partial charge < -0.3 is 10.1 Å². The van der Waals surface area contributed by atoms with Crippen molar-refractivity contribution in [2.24, 2.45) is 0 Å². The van der Waals surface area contributed by atoms with E-state index in [0.29, 0.717) is 34.6 Å². The van der Waals surface area contributed by atoms with Crippen LogP contribution in [0.25, 0.3) is 0 Å². The van der Waals surface area contributed by atoms with Gasteiger partial charge in [0.05, 0.1) is 23.6 Å². The molecule has 0 saturated carbocycles. The zero-order valence-corrected chi connectivity index (χ0v) is 19.2. The molecule has 1 N–H and O–H groups in total. The van der Waals surface area contributed by atoms with Crippen molar-refractivity contribution in [1.82, 2.24) is 9.29 Å². The lowest BCUT2D eigenvalue weighted by Gasteiger charge is -2.25.